The molecule has 0 fully saturated rings. The van der Waals surface area contributed by atoms with E-state index in [0.717, 1.165) is 6.07 Å². The molecule has 1 aromatic rings. The first-order valence-corrected chi connectivity index (χ1v) is 4.22. The molecule has 0 saturated carbocycles. The van der Waals surface area contributed by atoms with Gasteiger partial charge < -0.3 is 10.2 Å². The minimum absolute atomic E-state index is 0.0382. The van der Waals surface area contributed by atoms with Crippen molar-refractivity contribution >= 4 is 33.5 Å². The van der Waals surface area contributed by atoms with Gasteiger partial charge in [0, 0.05) is 0 Å². The number of carboxylic acids is 1. The van der Waals surface area contributed by atoms with E-state index in [1.165, 1.54) is 0 Å². The van der Waals surface area contributed by atoms with Crippen LogP contribution < -0.4 is 0 Å². The van der Waals surface area contributed by atoms with Gasteiger partial charge in [0.25, 0.3) is 0 Å². The third-order valence-corrected chi connectivity index (χ3v) is 2.24. The summed E-state index contributed by atoms with van der Waals surface area (Å²) in [4.78, 5) is 10.5. The molecule has 0 aliphatic heterocycles. The predicted octanol–water partition coefficient (Wildman–Crippen LogP) is 2.65. The van der Waals surface area contributed by atoms with Gasteiger partial charge in [0.2, 0.25) is 0 Å². The highest BCUT2D eigenvalue weighted by Crippen LogP contribution is 2.34. The molecular weight excluding hydrogens is 266 g/mol. The van der Waals surface area contributed by atoms with Crippen molar-refractivity contribution < 1.29 is 19.4 Å². The Morgan fingerprint density at radius 1 is 1.62 bits per heavy atom. The van der Waals surface area contributed by atoms with E-state index in [9.17, 15) is 9.18 Å². The third kappa shape index (κ3) is 1.76. The van der Waals surface area contributed by atoms with Crippen molar-refractivity contribution in [3.8, 4) is 5.75 Å². The summed E-state index contributed by atoms with van der Waals surface area (Å²) in [5, 5.41) is 17.3. The van der Waals surface area contributed by atoms with Crippen LogP contribution >= 0.6 is 27.5 Å². The molecule has 13 heavy (non-hydrogen) atoms. The second kappa shape index (κ2) is 3.51. The van der Waals surface area contributed by atoms with Crippen LogP contribution in [0.4, 0.5) is 4.39 Å². The van der Waals surface area contributed by atoms with Gasteiger partial charge in [-0.25, -0.2) is 9.18 Å². The Kier molecular flexibility index (Phi) is 2.77. The first kappa shape index (κ1) is 10.3. The van der Waals surface area contributed by atoms with Crippen molar-refractivity contribution in [2.24, 2.45) is 0 Å². The van der Waals surface area contributed by atoms with Gasteiger partial charge in [-0.2, -0.15) is 0 Å². The molecule has 0 aliphatic carbocycles. The number of hydrogen-bond acceptors (Lipinski definition) is 2. The van der Waals surface area contributed by atoms with Crippen LogP contribution in [0.5, 0.6) is 5.75 Å². The number of halogens is 3. The number of hydrogen-bond donors (Lipinski definition) is 2. The fourth-order valence-electron chi connectivity index (χ4n) is 0.781. The lowest BCUT2D eigenvalue weighted by atomic mass is 10.2. The number of carboxylic acid groups (broad SMARTS) is 1. The van der Waals surface area contributed by atoms with Gasteiger partial charge in [0.15, 0.2) is 5.82 Å². The van der Waals surface area contributed by atoms with Crippen molar-refractivity contribution in [2.45, 2.75) is 0 Å². The topological polar surface area (TPSA) is 57.5 Å². The number of rotatable bonds is 1. The van der Waals surface area contributed by atoms with Gasteiger partial charge in [0.05, 0.1) is 9.50 Å². The van der Waals surface area contributed by atoms with Crippen LogP contribution in [0.25, 0.3) is 0 Å². The Morgan fingerprint density at radius 2 is 2.15 bits per heavy atom. The van der Waals surface area contributed by atoms with E-state index in [1.807, 2.05) is 0 Å². The standard InChI is InChI=1S/C7H3BrClFO3/c8-2-1-3(9)5(10)4(6(2)11)7(12)13/h1,11H,(H,12,13). The van der Waals surface area contributed by atoms with Gasteiger partial charge >= 0.3 is 5.97 Å². The van der Waals surface area contributed by atoms with Crippen LogP contribution in [-0.4, -0.2) is 16.2 Å². The molecule has 0 unspecified atom stereocenters. The lowest BCUT2D eigenvalue weighted by molar-refractivity contribution is 0.0688. The highest BCUT2D eigenvalue weighted by atomic mass is 79.9. The average molecular weight is 269 g/mol. The smallest absolute Gasteiger partial charge is 0.342 e. The highest BCUT2D eigenvalue weighted by molar-refractivity contribution is 9.10. The van der Waals surface area contributed by atoms with Crippen LogP contribution in [-0.2, 0) is 0 Å². The molecule has 1 rings (SSSR count). The van der Waals surface area contributed by atoms with Crippen molar-refractivity contribution in [1.82, 2.24) is 0 Å². The highest BCUT2D eigenvalue weighted by Gasteiger charge is 2.21. The summed E-state index contributed by atoms with van der Waals surface area (Å²) in [6.45, 7) is 0. The Hall–Kier alpha value is -0.810. The fraction of sp³-hybridized carbons (Fsp3) is 0. The van der Waals surface area contributed by atoms with Gasteiger partial charge in [-0.3, -0.25) is 0 Å². The molecule has 0 atom stereocenters. The first-order chi connectivity index (χ1) is 5.95. The van der Waals surface area contributed by atoms with Crippen LogP contribution in [0, 0.1) is 5.82 Å². The summed E-state index contributed by atoms with van der Waals surface area (Å²) < 4.78 is 13.0. The maximum Gasteiger partial charge on any atom is 0.342 e. The Labute approximate surface area is 85.9 Å². The van der Waals surface area contributed by atoms with Crippen LogP contribution in [0.1, 0.15) is 10.4 Å². The Morgan fingerprint density at radius 3 is 2.62 bits per heavy atom. The third-order valence-electron chi connectivity index (χ3n) is 1.36. The summed E-state index contributed by atoms with van der Waals surface area (Å²) in [5.74, 6) is -3.39. The summed E-state index contributed by atoms with van der Waals surface area (Å²) in [6, 6.07) is 1.08. The zero-order chi connectivity index (χ0) is 10.2. The zero-order valence-electron chi connectivity index (χ0n) is 6.01. The first-order valence-electron chi connectivity index (χ1n) is 3.05. The minimum Gasteiger partial charge on any atom is -0.506 e. The molecule has 0 saturated heterocycles. The van der Waals surface area contributed by atoms with E-state index in [4.69, 9.17) is 21.8 Å². The molecule has 0 amide bonds. The Bertz CT molecular complexity index is 354. The van der Waals surface area contributed by atoms with Gasteiger partial charge in [-0.05, 0) is 22.0 Å². The van der Waals surface area contributed by atoms with Crippen molar-refractivity contribution in [3.63, 3.8) is 0 Å². The van der Waals surface area contributed by atoms with E-state index in [0.29, 0.717) is 0 Å². The number of carbonyl (C=O) groups is 1. The van der Waals surface area contributed by atoms with Crippen LogP contribution in [0.15, 0.2) is 10.5 Å². The molecule has 0 aromatic heterocycles. The maximum atomic E-state index is 13.0. The molecule has 0 aliphatic rings. The monoisotopic (exact) mass is 268 g/mol. The predicted molar refractivity (Wildman–Crippen MR) is 47.7 cm³/mol. The van der Waals surface area contributed by atoms with Gasteiger partial charge in [-0.1, -0.05) is 11.6 Å². The zero-order valence-corrected chi connectivity index (χ0v) is 8.36. The molecular formula is C7H3BrClFO3. The number of aromatic hydroxyl groups is 1. The quantitative estimate of drug-likeness (QED) is 0.771. The molecule has 1 aromatic carbocycles. The molecule has 2 N–H and O–H groups in total. The molecule has 0 bridgehead atoms. The van der Waals surface area contributed by atoms with E-state index in [1.54, 1.807) is 0 Å². The Balaban J connectivity index is 3.56. The lowest BCUT2D eigenvalue weighted by Gasteiger charge is -2.04. The number of aromatic carboxylic acids is 1. The van der Waals surface area contributed by atoms with Crippen LogP contribution in [0.2, 0.25) is 5.02 Å². The molecule has 0 spiro atoms. The fourth-order valence-corrected chi connectivity index (χ4v) is 1.54. The second-order valence-electron chi connectivity index (χ2n) is 2.18. The largest absolute Gasteiger partial charge is 0.506 e. The van der Waals surface area contributed by atoms with E-state index < -0.39 is 23.1 Å². The van der Waals surface area contributed by atoms with E-state index in [2.05, 4.69) is 15.9 Å². The average Bonchev–Trinajstić information content (AvgIpc) is 2.01. The van der Waals surface area contributed by atoms with Gasteiger partial charge in [0.1, 0.15) is 11.3 Å². The van der Waals surface area contributed by atoms with Crippen LogP contribution in [0.3, 0.4) is 0 Å². The van der Waals surface area contributed by atoms with E-state index >= 15 is 0 Å². The maximum absolute atomic E-state index is 13.0. The number of benzene rings is 1. The van der Waals surface area contributed by atoms with Gasteiger partial charge in [-0.15, -0.1) is 0 Å². The summed E-state index contributed by atoms with van der Waals surface area (Å²) in [6.07, 6.45) is 0. The van der Waals surface area contributed by atoms with Crippen molar-refractivity contribution in [2.75, 3.05) is 0 Å². The minimum atomic E-state index is -1.57. The molecule has 0 radical (unpaired) electrons. The summed E-state index contributed by atoms with van der Waals surface area (Å²) in [7, 11) is 0. The normalized spacial score (nSPS) is 10.1. The number of phenols is 1. The summed E-state index contributed by atoms with van der Waals surface area (Å²) in [5.41, 5.74) is -0.834. The summed E-state index contributed by atoms with van der Waals surface area (Å²) >= 11 is 8.19. The van der Waals surface area contributed by atoms with Crippen molar-refractivity contribution in [3.05, 3.63) is 26.9 Å². The SMILES string of the molecule is O=C(O)c1c(O)c(Br)cc(Cl)c1F. The molecule has 3 nitrogen and oxygen atoms in total. The van der Waals surface area contributed by atoms with E-state index in [-0.39, 0.29) is 9.50 Å². The molecule has 70 valence electrons. The lowest BCUT2D eigenvalue weighted by Crippen LogP contribution is -2.02. The molecule has 0 heterocycles. The second-order valence-corrected chi connectivity index (χ2v) is 3.44. The van der Waals surface area contributed by atoms with Crippen molar-refractivity contribution in [1.29, 1.82) is 0 Å². The molecule has 6 heteroatoms.